The van der Waals surface area contributed by atoms with Crippen molar-refractivity contribution >= 4 is 50.5 Å². The molecule has 0 fully saturated rings. The predicted molar refractivity (Wildman–Crippen MR) is 90.6 cm³/mol. The summed E-state index contributed by atoms with van der Waals surface area (Å²) in [6, 6.07) is 4.46. The number of nitrogens with two attached hydrogens (primary N) is 1. The van der Waals surface area contributed by atoms with Gasteiger partial charge < -0.3 is 10.1 Å². The van der Waals surface area contributed by atoms with Gasteiger partial charge in [-0.05, 0) is 31.2 Å². The Morgan fingerprint density at radius 1 is 1.36 bits per heavy atom. The lowest BCUT2D eigenvalue weighted by atomic mass is 10.3. The number of sulfonamides is 1. The third-order valence-electron chi connectivity index (χ3n) is 2.93. The molecule has 1 atom stereocenters. The van der Waals surface area contributed by atoms with Gasteiger partial charge in [-0.15, -0.1) is 11.3 Å². The van der Waals surface area contributed by atoms with E-state index in [1.54, 1.807) is 0 Å². The van der Waals surface area contributed by atoms with Crippen molar-refractivity contribution < 1.29 is 27.1 Å². The summed E-state index contributed by atoms with van der Waals surface area (Å²) in [5.74, 6) is -2.15. The van der Waals surface area contributed by atoms with Gasteiger partial charge in [-0.1, -0.05) is 11.6 Å². The van der Waals surface area contributed by atoms with E-state index in [2.05, 4.69) is 5.32 Å². The van der Waals surface area contributed by atoms with Crippen LogP contribution in [0.25, 0.3) is 0 Å². The van der Waals surface area contributed by atoms with Crippen molar-refractivity contribution in [2.45, 2.75) is 17.2 Å². The van der Waals surface area contributed by atoms with Crippen LogP contribution in [0.5, 0.6) is 0 Å². The summed E-state index contributed by atoms with van der Waals surface area (Å²) in [5.41, 5.74) is 0.108. The fraction of sp³-hybridized carbons (Fsp3) is 0.143. The second kappa shape index (κ2) is 7.48. The molecule has 0 saturated heterocycles. The van der Waals surface area contributed by atoms with Gasteiger partial charge in [0.05, 0.1) is 16.3 Å². The van der Waals surface area contributed by atoms with Crippen LogP contribution >= 0.6 is 22.9 Å². The van der Waals surface area contributed by atoms with Crippen LogP contribution in [0.15, 0.2) is 33.9 Å². The van der Waals surface area contributed by atoms with Gasteiger partial charge in [0.25, 0.3) is 5.91 Å². The standard InChI is InChI=1S/C14H12ClFN2O5S2/c1-7(13(19)18-11-3-2-9(16)5-10(11)15)23-14(20)8-4-12(24-6-8)25(17,21)22/h2-7H,1H3,(H,18,19)(H2,17,21,22). The second-order valence-electron chi connectivity index (χ2n) is 4.86. The van der Waals surface area contributed by atoms with Gasteiger partial charge in [0.2, 0.25) is 10.0 Å². The van der Waals surface area contributed by atoms with Crippen molar-refractivity contribution in [3.8, 4) is 0 Å². The van der Waals surface area contributed by atoms with E-state index >= 15 is 0 Å². The number of hydrogen-bond acceptors (Lipinski definition) is 6. The average Bonchev–Trinajstić information content (AvgIpc) is 3.00. The van der Waals surface area contributed by atoms with Gasteiger partial charge in [0, 0.05) is 5.38 Å². The number of halogens is 2. The first-order valence-electron chi connectivity index (χ1n) is 6.66. The molecule has 7 nitrogen and oxygen atoms in total. The van der Waals surface area contributed by atoms with E-state index in [-0.39, 0.29) is 20.5 Å². The number of hydrogen-bond donors (Lipinski definition) is 2. The van der Waals surface area contributed by atoms with Gasteiger partial charge in [0.15, 0.2) is 6.10 Å². The largest absolute Gasteiger partial charge is 0.449 e. The third kappa shape index (κ3) is 4.98. The zero-order chi connectivity index (χ0) is 18.8. The zero-order valence-electron chi connectivity index (χ0n) is 12.7. The summed E-state index contributed by atoms with van der Waals surface area (Å²) >= 11 is 6.55. The van der Waals surface area contributed by atoms with Crippen LogP contribution in [-0.4, -0.2) is 26.4 Å². The molecule has 0 aliphatic carbocycles. The maximum Gasteiger partial charge on any atom is 0.339 e. The molecule has 11 heteroatoms. The minimum atomic E-state index is -3.92. The molecule has 0 spiro atoms. The Labute approximate surface area is 151 Å². The molecule has 0 bridgehead atoms. The number of rotatable bonds is 5. The van der Waals surface area contributed by atoms with Gasteiger partial charge in [-0.3, -0.25) is 4.79 Å². The molecule has 25 heavy (non-hydrogen) atoms. The molecule has 0 aliphatic heterocycles. The van der Waals surface area contributed by atoms with Crippen molar-refractivity contribution in [2.24, 2.45) is 5.14 Å². The molecule has 134 valence electrons. The summed E-state index contributed by atoms with van der Waals surface area (Å²) in [7, 11) is -3.92. The fourth-order valence-electron chi connectivity index (χ4n) is 1.68. The van der Waals surface area contributed by atoms with E-state index in [1.807, 2.05) is 0 Å². The third-order valence-corrected chi connectivity index (χ3v) is 5.63. The van der Waals surface area contributed by atoms with Gasteiger partial charge in [0.1, 0.15) is 10.0 Å². The minimum Gasteiger partial charge on any atom is -0.449 e. The first-order chi connectivity index (χ1) is 11.6. The zero-order valence-corrected chi connectivity index (χ0v) is 15.0. The van der Waals surface area contributed by atoms with E-state index in [1.165, 1.54) is 18.4 Å². The van der Waals surface area contributed by atoms with Crippen LogP contribution in [0, 0.1) is 5.82 Å². The summed E-state index contributed by atoms with van der Waals surface area (Å²) in [5, 5.41) is 8.60. The number of carbonyl (C=O) groups excluding carboxylic acids is 2. The van der Waals surface area contributed by atoms with E-state index in [9.17, 15) is 22.4 Å². The first-order valence-corrected chi connectivity index (χ1v) is 9.46. The number of ether oxygens (including phenoxy) is 1. The number of carbonyl (C=O) groups is 2. The second-order valence-corrected chi connectivity index (χ2v) is 7.97. The smallest absolute Gasteiger partial charge is 0.339 e. The number of anilines is 1. The van der Waals surface area contributed by atoms with Crippen molar-refractivity contribution in [2.75, 3.05) is 5.32 Å². The average molecular weight is 407 g/mol. The highest BCUT2D eigenvalue weighted by Gasteiger charge is 2.22. The normalized spacial score (nSPS) is 12.5. The monoisotopic (exact) mass is 406 g/mol. The molecule has 0 aliphatic rings. The molecule has 2 rings (SSSR count). The van der Waals surface area contributed by atoms with Gasteiger partial charge in [-0.2, -0.15) is 0 Å². The van der Waals surface area contributed by atoms with Crippen LogP contribution in [0.1, 0.15) is 17.3 Å². The van der Waals surface area contributed by atoms with Crippen LogP contribution in [0.3, 0.4) is 0 Å². The Morgan fingerprint density at radius 3 is 2.60 bits per heavy atom. The highest BCUT2D eigenvalue weighted by molar-refractivity contribution is 7.91. The Morgan fingerprint density at radius 2 is 2.04 bits per heavy atom. The topological polar surface area (TPSA) is 116 Å². The summed E-state index contributed by atoms with van der Waals surface area (Å²) in [6.07, 6.45) is -1.20. The van der Waals surface area contributed by atoms with Gasteiger partial charge >= 0.3 is 5.97 Å². The van der Waals surface area contributed by atoms with E-state index in [0.717, 1.165) is 29.5 Å². The van der Waals surface area contributed by atoms with Crippen molar-refractivity contribution in [1.29, 1.82) is 0 Å². The predicted octanol–water partition coefficient (Wildman–Crippen LogP) is 2.37. The summed E-state index contributed by atoms with van der Waals surface area (Å²) in [6.45, 7) is 1.32. The molecular formula is C14H12ClFN2O5S2. The Hall–Kier alpha value is -2.01. The molecule has 1 unspecified atom stereocenters. The number of amides is 1. The van der Waals surface area contributed by atoms with Crippen LogP contribution in [-0.2, 0) is 19.6 Å². The highest BCUT2D eigenvalue weighted by Crippen LogP contribution is 2.23. The summed E-state index contributed by atoms with van der Waals surface area (Å²) in [4.78, 5) is 24.0. The molecule has 0 saturated carbocycles. The molecule has 1 aromatic heterocycles. The first kappa shape index (κ1) is 19.3. The number of nitrogens with one attached hydrogen (secondary N) is 1. The van der Waals surface area contributed by atoms with Crippen molar-refractivity contribution in [1.82, 2.24) is 0 Å². The SMILES string of the molecule is CC(OC(=O)c1csc(S(N)(=O)=O)c1)C(=O)Nc1ccc(F)cc1Cl. The molecule has 1 aromatic carbocycles. The lowest BCUT2D eigenvalue weighted by Crippen LogP contribution is -2.30. The van der Waals surface area contributed by atoms with E-state index < -0.39 is 33.8 Å². The molecule has 2 aromatic rings. The van der Waals surface area contributed by atoms with Gasteiger partial charge in [-0.25, -0.2) is 22.7 Å². The van der Waals surface area contributed by atoms with Crippen LogP contribution < -0.4 is 10.5 Å². The van der Waals surface area contributed by atoms with Crippen LogP contribution in [0.4, 0.5) is 10.1 Å². The number of esters is 1. The van der Waals surface area contributed by atoms with Crippen molar-refractivity contribution in [3.05, 3.63) is 46.0 Å². The summed E-state index contributed by atoms with van der Waals surface area (Å²) < 4.78 is 40.1. The minimum absolute atomic E-state index is 0.0116. The number of benzene rings is 1. The van der Waals surface area contributed by atoms with Crippen molar-refractivity contribution in [3.63, 3.8) is 0 Å². The van der Waals surface area contributed by atoms with E-state index in [0.29, 0.717) is 0 Å². The number of thiophene rings is 1. The molecule has 1 heterocycles. The van der Waals surface area contributed by atoms with E-state index in [4.69, 9.17) is 21.5 Å². The molecule has 3 N–H and O–H groups in total. The quantitative estimate of drug-likeness (QED) is 0.739. The lowest BCUT2D eigenvalue weighted by molar-refractivity contribution is -0.123. The Balaban J connectivity index is 2.03. The number of primary sulfonamides is 1. The molecule has 0 radical (unpaired) electrons. The molecular weight excluding hydrogens is 395 g/mol. The maximum atomic E-state index is 13.0. The van der Waals surface area contributed by atoms with Crippen LogP contribution in [0.2, 0.25) is 5.02 Å². The Bertz CT molecular complexity index is 929. The Kier molecular flexibility index (Phi) is 5.78. The molecule has 1 amide bonds. The fourth-order valence-corrected chi connectivity index (χ4v) is 3.47. The maximum absolute atomic E-state index is 13.0. The lowest BCUT2D eigenvalue weighted by Gasteiger charge is -2.13. The highest BCUT2D eigenvalue weighted by atomic mass is 35.5.